The molecule has 0 bridgehead atoms. The predicted octanol–water partition coefficient (Wildman–Crippen LogP) is 1.92. The summed E-state index contributed by atoms with van der Waals surface area (Å²) in [6, 6.07) is 3.11. The molecule has 2 aromatic rings. The molecule has 118 valence electrons. The Labute approximate surface area is 124 Å². The molecule has 1 unspecified atom stereocenters. The zero-order valence-corrected chi connectivity index (χ0v) is 11.6. The molecule has 9 heteroatoms. The quantitative estimate of drug-likeness (QED) is 0.807. The molecule has 0 aromatic carbocycles. The van der Waals surface area contributed by atoms with Crippen molar-refractivity contribution in [3.05, 3.63) is 30.6 Å². The van der Waals surface area contributed by atoms with E-state index in [1.54, 1.807) is 12.1 Å². The summed E-state index contributed by atoms with van der Waals surface area (Å²) in [5.41, 5.74) is 0.0646. The van der Waals surface area contributed by atoms with Gasteiger partial charge in [-0.1, -0.05) is 6.08 Å². The first-order valence-electron chi connectivity index (χ1n) is 6.76. The van der Waals surface area contributed by atoms with Crippen LogP contribution in [0.1, 0.15) is 12.2 Å². The third-order valence-electron chi connectivity index (χ3n) is 3.42. The number of aromatic nitrogens is 4. The second kappa shape index (κ2) is 5.56. The van der Waals surface area contributed by atoms with Crippen molar-refractivity contribution in [3.8, 4) is 0 Å². The number of rotatable bonds is 4. The van der Waals surface area contributed by atoms with Gasteiger partial charge >= 0.3 is 6.18 Å². The monoisotopic (exact) mass is 313 g/mol. The van der Waals surface area contributed by atoms with Crippen LogP contribution in [-0.4, -0.2) is 45.6 Å². The van der Waals surface area contributed by atoms with Crippen LogP contribution in [0.2, 0.25) is 0 Å². The number of halogens is 3. The van der Waals surface area contributed by atoms with Crippen LogP contribution in [0.25, 0.3) is 5.65 Å². The summed E-state index contributed by atoms with van der Waals surface area (Å²) in [6.45, 7) is 5.29. The zero-order chi connectivity index (χ0) is 15.7. The van der Waals surface area contributed by atoms with Crippen molar-refractivity contribution in [1.29, 1.82) is 0 Å². The van der Waals surface area contributed by atoms with E-state index in [0.717, 1.165) is 10.9 Å². The molecule has 1 aliphatic heterocycles. The Kier molecular flexibility index (Phi) is 3.73. The molecule has 0 radical (unpaired) electrons. The van der Waals surface area contributed by atoms with Crippen LogP contribution in [0, 0.1) is 0 Å². The van der Waals surface area contributed by atoms with Gasteiger partial charge in [-0.05, 0) is 18.6 Å². The normalized spacial score (nSPS) is 19.0. The van der Waals surface area contributed by atoms with E-state index in [-0.39, 0.29) is 11.8 Å². The number of nitrogens with zero attached hydrogens (tertiary/aromatic N) is 5. The van der Waals surface area contributed by atoms with Crippen LogP contribution in [0.5, 0.6) is 0 Å². The van der Waals surface area contributed by atoms with Gasteiger partial charge in [-0.3, -0.25) is 0 Å². The predicted molar refractivity (Wildman–Crippen MR) is 72.6 cm³/mol. The smallest absolute Gasteiger partial charge is 0.372 e. The van der Waals surface area contributed by atoms with E-state index in [9.17, 15) is 13.2 Å². The molecule has 1 aliphatic rings. The number of ether oxygens (including phenoxy) is 1. The largest absolute Gasteiger partial charge is 0.453 e. The first-order chi connectivity index (χ1) is 10.5. The maximum Gasteiger partial charge on any atom is 0.453 e. The fraction of sp³-hybridized carbons (Fsp3) is 0.462. The van der Waals surface area contributed by atoms with Gasteiger partial charge in [-0.2, -0.15) is 17.7 Å². The van der Waals surface area contributed by atoms with Crippen molar-refractivity contribution < 1.29 is 17.9 Å². The van der Waals surface area contributed by atoms with E-state index >= 15 is 0 Å². The third kappa shape index (κ3) is 2.76. The van der Waals surface area contributed by atoms with Gasteiger partial charge in [0.25, 0.3) is 5.82 Å². The molecule has 22 heavy (non-hydrogen) atoms. The van der Waals surface area contributed by atoms with Gasteiger partial charge < -0.3 is 9.64 Å². The van der Waals surface area contributed by atoms with E-state index in [0.29, 0.717) is 25.5 Å². The highest BCUT2D eigenvalue weighted by Crippen LogP contribution is 2.28. The second-order valence-electron chi connectivity index (χ2n) is 4.96. The van der Waals surface area contributed by atoms with Crippen LogP contribution in [0.4, 0.5) is 19.0 Å². The Balaban J connectivity index is 1.85. The molecule has 0 N–H and O–H groups in total. The number of hydrogen-bond donors (Lipinski definition) is 0. The Hall–Kier alpha value is -2.16. The summed E-state index contributed by atoms with van der Waals surface area (Å²) in [5, 5.41) is 10.7. The van der Waals surface area contributed by atoms with Gasteiger partial charge in [0.05, 0.1) is 12.7 Å². The average Bonchev–Trinajstić information content (AvgIpc) is 3.10. The lowest BCUT2D eigenvalue weighted by Crippen LogP contribution is -2.24. The topological polar surface area (TPSA) is 55.5 Å². The highest BCUT2D eigenvalue weighted by molar-refractivity contribution is 5.46. The van der Waals surface area contributed by atoms with E-state index in [1.807, 2.05) is 4.90 Å². The van der Waals surface area contributed by atoms with Crippen molar-refractivity contribution in [2.75, 3.05) is 24.6 Å². The zero-order valence-electron chi connectivity index (χ0n) is 11.6. The molecule has 3 rings (SSSR count). The van der Waals surface area contributed by atoms with Crippen LogP contribution in [0.3, 0.4) is 0 Å². The minimum absolute atomic E-state index is 0.0264. The number of hydrogen-bond acceptors (Lipinski definition) is 5. The van der Waals surface area contributed by atoms with Crippen molar-refractivity contribution in [1.82, 2.24) is 19.8 Å². The average molecular weight is 313 g/mol. The minimum Gasteiger partial charge on any atom is -0.372 e. The van der Waals surface area contributed by atoms with Crippen LogP contribution >= 0.6 is 0 Å². The number of fused-ring (bicyclic) bond motifs is 1. The Bertz CT molecular complexity index is 684. The van der Waals surface area contributed by atoms with E-state index < -0.39 is 12.0 Å². The maximum atomic E-state index is 12.9. The molecular weight excluding hydrogens is 299 g/mol. The lowest BCUT2D eigenvalue weighted by Gasteiger charge is -2.17. The molecule has 1 saturated heterocycles. The van der Waals surface area contributed by atoms with Gasteiger partial charge in [0, 0.05) is 13.1 Å². The first kappa shape index (κ1) is 14.8. The van der Waals surface area contributed by atoms with Crippen molar-refractivity contribution in [2.24, 2.45) is 0 Å². The van der Waals surface area contributed by atoms with Crippen molar-refractivity contribution >= 4 is 11.5 Å². The second-order valence-corrected chi connectivity index (χ2v) is 4.96. The Morgan fingerprint density at radius 3 is 2.91 bits per heavy atom. The van der Waals surface area contributed by atoms with Crippen molar-refractivity contribution in [3.63, 3.8) is 0 Å². The first-order valence-corrected chi connectivity index (χ1v) is 6.76. The number of anilines is 1. The van der Waals surface area contributed by atoms with Crippen LogP contribution in [0.15, 0.2) is 24.8 Å². The summed E-state index contributed by atoms with van der Waals surface area (Å²) in [5.74, 6) is -0.675. The molecule has 0 aliphatic carbocycles. The Morgan fingerprint density at radius 2 is 2.18 bits per heavy atom. The molecule has 0 amide bonds. The highest BCUT2D eigenvalue weighted by atomic mass is 19.4. The SMILES string of the molecule is C=CCOC1CCN(c2ccc3nnc(C(F)(F)F)n3n2)C1. The van der Waals surface area contributed by atoms with E-state index in [2.05, 4.69) is 21.9 Å². The standard InChI is InChI=1S/C13H14F3N5O/c1-2-7-22-9-5-6-20(8-9)11-4-3-10-17-18-12(13(14,15)16)21(10)19-11/h2-4,9H,1,5-8H2. The van der Waals surface area contributed by atoms with Gasteiger partial charge in [0.15, 0.2) is 5.65 Å². The van der Waals surface area contributed by atoms with Gasteiger partial charge in [-0.15, -0.1) is 21.9 Å². The third-order valence-corrected chi connectivity index (χ3v) is 3.42. The van der Waals surface area contributed by atoms with Gasteiger partial charge in [0.1, 0.15) is 5.82 Å². The number of alkyl halides is 3. The van der Waals surface area contributed by atoms with E-state index in [1.165, 1.54) is 6.07 Å². The molecule has 1 atom stereocenters. The molecule has 6 nitrogen and oxygen atoms in total. The van der Waals surface area contributed by atoms with E-state index in [4.69, 9.17) is 4.74 Å². The fourth-order valence-electron chi connectivity index (χ4n) is 2.40. The molecule has 0 saturated carbocycles. The molecule has 3 heterocycles. The fourth-order valence-corrected chi connectivity index (χ4v) is 2.40. The molecule has 0 spiro atoms. The molecular formula is C13H14F3N5O. The summed E-state index contributed by atoms with van der Waals surface area (Å²) in [6.07, 6.45) is -2.11. The summed E-state index contributed by atoms with van der Waals surface area (Å²) >= 11 is 0. The van der Waals surface area contributed by atoms with Gasteiger partial charge in [-0.25, -0.2) is 0 Å². The van der Waals surface area contributed by atoms with Crippen LogP contribution in [-0.2, 0) is 10.9 Å². The highest BCUT2D eigenvalue weighted by Gasteiger charge is 2.38. The lowest BCUT2D eigenvalue weighted by atomic mass is 10.3. The van der Waals surface area contributed by atoms with Crippen molar-refractivity contribution in [2.45, 2.75) is 18.7 Å². The van der Waals surface area contributed by atoms with Crippen LogP contribution < -0.4 is 4.90 Å². The summed E-state index contributed by atoms with van der Waals surface area (Å²) in [7, 11) is 0. The lowest BCUT2D eigenvalue weighted by molar-refractivity contribution is -0.146. The molecule has 1 fully saturated rings. The molecule has 2 aromatic heterocycles. The summed E-state index contributed by atoms with van der Waals surface area (Å²) in [4.78, 5) is 1.88. The van der Waals surface area contributed by atoms with Gasteiger partial charge in [0.2, 0.25) is 0 Å². The summed E-state index contributed by atoms with van der Waals surface area (Å²) < 4.78 is 44.9. The maximum absolute atomic E-state index is 12.9. The minimum atomic E-state index is -4.59. The Morgan fingerprint density at radius 1 is 1.36 bits per heavy atom.